The molecule has 29 heavy (non-hydrogen) atoms. The Labute approximate surface area is 171 Å². The monoisotopic (exact) mass is 397 g/mol. The highest BCUT2D eigenvalue weighted by molar-refractivity contribution is 5.82. The highest BCUT2D eigenvalue weighted by Crippen LogP contribution is 2.06. The van der Waals surface area contributed by atoms with E-state index in [2.05, 4.69) is 5.32 Å². The molecule has 0 aliphatic rings. The molecule has 1 unspecified atom stereocenters. The lowest BCUT2D eigenvalue weighted by Gasteiger charge is -2.12. The van der Waals surface area contributed by atoms with Gasteiger partial charge in [-0.3, -0.25) is 9.59 Å². The zero-order chi connectivity index (χ0) is 20.9. The fraction of sp³-hybridized carbons (Fsp3) is 0.348. The van der Waals surface area contributed by atoms with E-state index in [4.69, 9.17) is 9.47 Å². The number of benzene rings is 2. The van der Waals surface area contributed by atoms with Gasteiger partial charge in [-0.2, -0.15) is 0 Å². The first-order valence-electron chi connectivity index (χ1n) is 9.68. The molecule has 0 fully saturated rings. The number of carbonyl (C=O) groups is 3. The highest BCUT2D eigenvalue weighted by Gasteiger charge is 2.13. The van der Waals surface area contributed by atoms with Gasteiger partial charge in [0.15, 0.2) is 5.78 Å². The van der Waals surface area contributed by atoms with Crippen LogP contribution in [0.4, 0.5) is 4.79 Å². The minimum atomic E-state index is -0.527. The van der Waals surface area contributed by atoms with Crippen LogP contribution in [-0.4, -0.2) is 31.0 Å². The number of Topliss-reactive ketones (excluding diaryl/α,β-unsaturated/α-hetero) is 1. The van der Waals surface area contributed by atoms with Gasteiger partial charge in [-0.1, -0.05) is 67.6 Å². The van der Waals surface area contributed by atoms with E-state index in [9.17, 15) is 14.4 Å². The number of rotatable bonds is 11. The van der Waals surface area contributed by atoms with E-state index < -0.39 is 12.1 Å². The molecule has 0 spiro atoms. The number of ether oxygens (including phenoxy) is 2. The van der Waals surface area contributed by atoms with E-state index in [-0.39, 0.29) is 37.8 Å². The average molecular weight is 397 g/mol. The number of hydrogen-bond acceptors (Lipinski definition) is 5. The molecular formula is C23H27NO5. The molecule has 6 nitrogen and oxygen atoms in total. The summed E-state index contributed by atoms with van der Waals surface area (Å²) < 4.78 is 10.2. The second-order valence-electron chi connectivity index (χ2n) is 6.94. The van der Waals surface area contributed by atoms with Gasteiger partial charge in [0.2, 0.25) is 0 Å². The van der Waals surface area contributed by atoms with Crippen LogP contribution in [0, 0.1) is 5.92 Å². The van der Waals surface area contributed by atoms with Gasteiger partial charge in [-0.05, 0) is 23.5 Å². The fourth-order valence-corrected chi connectivity index (χ4v) is 2.68. The molecule has 0 aromatic heterocycles. The lowest BCUT2D eigenvalue weighted by molar-refractivity contribution is -0.148. The number of carbonyl (C=O) groups excluding carboxylic acids is 3. The number of hydrogen-bond donors (Lipinski definition) is 1. The van der Waals surface area contributed by atoms with E-state index >= 15 is 0 Å². The molecular weight excluding hydrogens is 370 g/mol. The van der Waals surface area contributed by atoms with Gasteiger partial charge in [0.05, 0.1) is 0 Å². The smallest absolute Gasteiger partial charge is 0.407 e. The summed E-state index contributed by atoms with van der Waals surface area (Å²) in [6, 6.07) is 19.0. The van der Waals surface area contributed by atoms with Crippen LogP contribution in [0.15, 0.2) is 60.7 Å². The molecule has 6 heteroatoms. The van der Waals surface area contributed by atoms with Crippen molar-refractivity contribution in [3.8, 4) is 0 Å². The maximum atomic E-state index is 12.0. The molecule has 0 heterocycles. The van der Waals surface area contributed by atoms with Crippen molar-refractivity contribution in [1.82, 2.24) is 5.32 Å². The zero-order valence-electron chi connectivity index (χ0n) is 16.6. The maximum absolute atomic E-state index is 12.0. The number of aryl methyl sites for hydroxylation is 1. The van der Waals surface area contributed by atoms with Crippen molar-refractivity contribution in [2.75, 3.05) is 13.2 Å². The molecule has 1 atom stereocenters. The largest absolute Gasteiger partial charge is 0.458 e. The van der Waals surface area contributed by atoms with Gasteiger partial charge in [0.25, 0.3) is 0 Å². The molecule has 2 aromatic carbocycles. The molecule has 1 amide bonds. The van der Waals surface area contributed by atoms with Crippen LogP contribution in [0.1, 0.15) is 30.9 Å². The van der Waals surface area contributed by atoms with Crippen LogP contribution in [0.25, 0.3) is 0 Å². The first kappa shape index (κ1) is 22.1. The molecule has 1 N–H and O–H groups in total. The Morgan fingerprint density at radius 2 is 1.52 bits per heavy atom. The quantitative estimate of drug-likeness (QED) is 0.585. The van der Waals surface area contributed by atoms with Gasteiger partial charge in [-0.15, -0.1) is 0 Å². The molecule has 0 bridgehead atoms. The summed E-state index contributed by atoms with van der Waals surface area (Å²) in [5.41, 5.74) is 1.95. The number of ketones is 1. The Kier molecular flexibility index (Phi) is 9.42. The van der Waals surface area contributed by atoms with Crippen LogP contribution in [0.2, 0.25) is 0 Å². The van der Waals surface area contributed by atoms with Crippen molar-refractivity contribution in [3.63, 3.8) is 0 Å². The minimum Gasteiger partial charge on any atom is -0.458 e. The lowest BCUT2D eigenvalue weighted by atomic mass is 10.1. The summed E-state index contributed by atoms with van der Waals surface area (Å²) in [6.07, 6.45) is 0.506. The molecule has 154 valence electrons. The summed E-state index contributed by atoms with van der Waals surface area (Å²) in [6.45, 7) is 2.10. The second kappa shape index (κ2) is 12.3. The number of nitrogens with one attached hydrogen (secondary N) is 1. The van der Waals surface area contributed by atoms with Crippen LogP contribution < -0.4 is 5.32 Å². The molecule has 2 aromatic rings. The molecule has 0 radical (unpaired) electrons. The van der Waals surface area contributed by atoms with Crippen molar-refractivity contribution in [2.45, 2.75) is 32.8 Å². The average Bonchev–Trinajstić information content (AvgIpc) is 2.75. The van der Waals surface area contributed by atoms with E-state index in [0.717, 1.165) is 11.1 Å². The van der Waals surface area contributed by atoms with Crippen LogP contribution in [0.3, 0.4) is 0 Å². The number of amides is 1. The van der Waals surface area contributed by atoms with Gasteiger partial charge in [-0.25, -0.2) is 4.79 Å². The number of alkyl carbamates (subject to hydrolysis) is 1. The fourth-order valence-electron chi connectivity index (χ4n) is 2.68. The third-order valence-corrected chi connectivity index (χ3v) is 4.24. The molecule has 0 saturated carbocycles. The van der Waals surface area contributed by atoms with E-state index in [1.807, 2.05) is 67.6 Å². The molecule has 0 aliphatic carbocycles. The SMILES string of the molecule is CC(CNC(=O)OCc1ccccc1)CC(=O)COC(=O)CCc1ccccc1. The van der Waals surface area contributed by atoms with E-state index in [1.54, 1.807) is 0 Å². The Bertz CT molecular complexity index is 776. The van der Waals surface area contributed by atoms with Crippen molar-refractivity contribution < 1.29 is 23.9 Å². The summed E-state index contributed by atoms with van der Waals surface area (Å²) in [7, 11) is 0. The first-order valence-corrected chi connectivity index (χ1v) is 9.68. The summed E-state index contributed by atoms with van der Waals surface area (Å²) in [5, 5.41) is 2.64. The Morgan fingerprint density at radius 3 is 2.17 bits per heavy atom. The predicted octanol–water partition coefficient (Wildman–Crippen LogP) is 3.68. The van der Waals surface area contributed by atoms with Crippen molar-refractivity contribution in [3.05, 3.63) is 71.8 Å². The van der Waals surface area contributed by atoms with Gasteiger partial charge in [0.1, 0.15) is 13.2 Å². The molecule has 2 rings (SSSR count). The van der Waals surface area contributed by atoms with Gasteiger partial charge < -0.3 is 14.8 Å². The van der Waals surface area contributed by atoms with Crippen molar-refractivity contribution >= 4 is 17.8 Å². The lowest BCUT2D eigenvalue weighted by Crippen LogP contribution is -2.30. The topological polar surface area (TPSA) is 81.7 Å². The van der Waals surface area contributed by atoms with Crippen molar-refractivity contribution in [2.24, 2.45) is 5.92 Å². The summed E-state index contributed by atoms with van der Waals surface area (Å²) >= 11 is 0. The standard InChI is InChI=1S/C23H27NO5/c1-18(15-24-23(27)29-16-20-10-6-3-7-11-20)14-21(25)17-28-22(26)13-12-19-8-4-2-5-9-19/h2-11,18H,12-17H2,1H3,(H,24,27). The third-order valence-electron chi connectivity index (χ3n) is 4.24. The van der Waals surface area contributed by atoms with Crippen LogP contribution >= 0.6 is 0 Å². The predicted molar refractivity (Wildman–Crippen MR) is 109 cm³/mol. The van der Waals surface area contributed by atoms with Crippen LogP contribution in [-0.2, 0) is 32.1 Å². The third kappa shape index (κ3) is 9.55. The van der Waals surface area contributed by atoms with Gasteiger partial charge in [0, 0.05) is 19.4 Å². The highest BCUT2D eigenvalue weighted by atomic mass is 16.5. The van der Waals surface area contributed by atoms with Gasteiger partial charge >= 0.3 is 12.1 Å². The Hall–Kier alpha value is -3.15. The van der Waals surface area contributed by atoms with E-state index in [0.29, 0.717) is 13.0 Å². The Morgan fingerprint density at radius 1 is 0.897 bits per heavy atom. The first-order chi connectivity index (χ1) is 14.0. The summed E-state index contributed by atoms with van der Waals surface area (Å²) in [5.74, 6) is -0.655. The zero-order valence-corrected chi connectivity index (χ0v) is 16.6. The second-order valence-corrected chi connectivity index (χ2v) is 6.94. The normalized spacial score (nSPS) is 11.3. The number of esters is 1. The molecule has 0 saturated heterocycles. The van der Waals surface area contributed by atoms with Crippen molar-refractivity contribution in [1.29, 1.82) is 0 Å². The van der Waals surface area contributed by atoms with E-state index in [1.165, 1.54) is 0 Å². The minimum absolute atomic E-state index is 0.0882. The Balaban J connectivity index is 1.55. The summed E-state index contributed by atoms with van der Waals surface area (Å²) in [4.78, 5) is 35.5. The van der Waals surface area contributed by atoms with Crippen LogP contribution in [0.5, 0.6) is 0 Å². The maximum Gasteiger partial charge on any atom is 0.407 e. The molecule has 0 aliphatic heterocycles.